The van der Waals surface area contributed by atoms with Crippen LogP contribution >= 0.6 is 11.6 Å². The molecule has 1 atom stereocenters. The minimum Gasteiger partial charge on any atom is -0.368 e. The van der Waals surface area contributed by atoms with E-state index in [2.05, 4.69) is 11.8 Å². The number of hydrogen-bond acceptors (Lipinski definition) is 3. The van der Waals surface area contributed by atoms with E-state index in [0.717, 1.165) is 5.56 Å². The van der Waals surface area contributed by atoms with Crippen molar-refractivity contribution >= 4 is 21.6 Å². The number of halogens is 1. The lowest BCUT2D eigenvalue weighted by molar-refractivity contribution is 0.274. The summed E-state index contributed by atoms with van der Waals surface area (Å²) < 4.78 is 32.1. The number of benzene rings is 1. The summed E-state index contributed by atoms with van der Waals surface area (Å²) >= 11 is 5.51. The number of epoxide rings is 1. The second-order valence-electron chi connectivity index (χ2n) is 5.31. The Hall–Kier alpha value is -1.06. The van der Waals surface area contributed by atoms with Gasteiger partial charge in [-0.3, -0.25) is 0 Å². The van der Waals surface area contributed by atoms with E-state index in [-0.39, 0.29) is 17.3 Å². The standard InChI is InChI=1S/C15H18ClNO3S/c1-13-5-7-14(8-6-13)21(18,19)17(10-4-3-9-16)11-15(2)12-20-15/h5-8H,9-12H2,1-2H3. The van der Waals surface area contributed by atoms with Gasteiger partial charge in [-0.25, -0.2) is 8.42 Å². The predicted molar refractivity (Wildman–Crippen MR) is 82.8 cm³/mol. The van der Waals surface area contributed by atoms with Gasteiger partial charge in [0.1, 0.15) is 5.60 Å². The average molecular weight is 328 g/mol. The molecule has 0 amide bonds. The summed E-state index contributed by atoms with van der Waals surface area (Å²) in [6.07, 6.45) is 0. The summed E-state index contributed by atoms with van der Waals surface area (Å²) in [6.45, 7) is 4.77. The van der Waals surface area contributed by atoms with Gasteiger partial charge in [-0.05, 0) is 26.0 Å². The first-order valence-electron chi connectivity index (χ1n) is 6.60. The molecule has 2 rings (SSSR count). The number of hydrogen-bond donors (Lipinski definition) is 0. The van der Waals surface area contributed by atoms with Crippen molar-refractivity contribution < 1.29 is 13.2 Å². The van der Waals surface area contributed by atoms with Gasteiger partial charge in [0.05, 0.1) is 23.9 Å². The van der Waals surface area contributed by atoms with E-state index in [1.165, 1.54) is 4.31 Å². The quantitative estimate of drug-likeness (QED) is 0.472. The third-order valence-electron chi connectivity index (χ3n) is 3.25. The van der Waals surface area contributed by atoms with Crippen LogP contribution in [-0.4, -0.2) is 43.9 Å². The second kappa shape index (κ2) is 6.37. The van der Waals surface area contributed by atoms with Crippen LogP contribution in [0.2, 0.25) is 0 Å². The molecule has 6 heteroatoms. The van der Waals surface area contributed by atoms with Crippen LogP contribution < -0.4 is 0 Å². The van der Waals surface area contributed by atoms with Crippen LogP contribution in [0.4, 0.5) is 0 Å². The molecule has 1 aliphatic heterocycles. The van der Waals surface area contributed by atoms with E-state index in [1.54, 1.807) is 24.3 Å². The average Bonchev–Trinajstić information content (AvgIpc) is 3.16. The fourth-order valence-electron chi connectivity index (χ4n) is 1.86. The zero-order valence-corrected chi connectivity index (χ0v) is 13.7. The Kier molecular flexibility index (Phi) is 4.95. The molecule has 1 aromatic rings. The van der Waals surface area contributed by atoms with E-state index in [1.807, 2.05) is 13.8 Å². The Bertz CT molecular complexity index is 654. The molecule has 1 heterocycles. The summed E-state index contributed by atoms with van der Waals surface area (Å²) in [5.74, 6) is 5.65. The van der Waals surface area contributed by atoms with Crippen LogP contribution in [0.15, 0.2) is 29.2 Å². The molecule has 21 heavy (non-hydrogen) atoms. The highest BCUT2D eigenvalue weighted by Crippen LogP contribution is 2.29. The van der Waals surface area contributed by atoms with Crippen LogP contribution in [0.3, 0.4) is 0 Å². The van der Waals surface area contributed by atoms with Gasteiger partial charge in [0.25, 0.3) is 0 Å². The van der Waals surface area contributed by atoms with Gasteiger partial charge in [0.15, 0.2) is 0 Å². The van der Waals surface area contributed by atoms with Crippen LogP contribution in [0.25, 0.3) is 0 Å². The molecule has 0 bridgehead atoms. The van der Waals surface area contributed by atoms with Crippen molar-refractivity contribution in [3.8, 4) is 11.8 Å². The number of nitrogens with zero attached hydrogens (tertiary/aromatic N) is 1. The zero-order valence-electron chi connectivity index (χ0n) is 12.1. The SMILES string of the molecule is Cc1ccc(S(=O)(=O)N(CC#CCCl)CC2(C)CO2)cc1. The van der Waals surface area contributed by atoms with Gasteiger partial charge in [-0.1, -0.05) is 29.5 Å². The monoisotopic (exact) mass is 327 g/mol. The lowest BCUT2D eigenvalue weighted by Gasteiger charge is -2.22. The zero-order chi connectivity index (χ0) is 15.5. The molecule has 4 nitrogen and oxygen atoms in total. The molecule has 0 saturated carbocycles. The molecular formula is C15H18ClNO3S. The van der Waals surface area contributed by atoms with Crippen molar-refractivity contribution in [2.45, 2.75) is 24.3 Å². The van der Waals surface area contributed by atoms with Crippen LogP contribution in [0.5, 0.6) is 0 Å². The Balaban J connectivity index is 2.26. The fourth-order valence-corrected chi connectivity index (χ4v) is 3.41. The molecule has 1 fully saturated rings. The van der Waals surface area contributed by atoms with Crippen molar-refractivity contribution in [2.24, 2.45) is 0 Å². The predicted octanol–water partition coefficient (Wildman–Crippen LogP) is 2.02. The van der Waals surface area contributed by atoms with Gasteiger partial charge in [-0.2, -0.15) is 4.31 Å². The molecule has 1 aromatic carbocycles. The van der Waals surface area contributed by atoms with Gasteiger partial charge < -0.3 is 4.74 Å². The maximum atomic E-state index is 12.7. The van der Waals surface area contributed by atoms with Gasteiger partial charge >= 0.3 is 0 Å². The molecule has 1 aliphatic rings. The van der Waals surface area contributed by atoms with Gasteiger partial charge in [-0.15, -0.1) is 11.6 Å². The Labute approximate surface area is 131 Å². The summed E-state index contributed by atoms with van der Waals surface area (Å²) in [5.41, 5.74) is 0.611. The molecule has 0 radical (unpaired) electrons. The number of sulfonamides is 1. The van der Waals surface area contributed by atoms with Crippen molar-refractivity contribution in [3.05, 3.63) is 29.8 Å². The first-order valence-corrected chi connectivity index (χ1v) is 8.57. The Morgan fingerprint density at radius 3 is 2.48 bits per heavy atom. The Morgan fingerprint density at radius 2 is 1.95 bits per heavy atom. The summed E-state index contributed by atoms with van der Waals surface area (Å²) in [4.78, 5) is 0.269. The molecule has 0 spiro atoms. The third-order valence-corrected chi connectivity index (χ3v) is 5.19. The summed E-state index contributed by atoms with van der Waals surface area (Å²) in [7, 11) is -3.58. The number of rotatable bonds is 5. The van der Waals surface area contributed by atoms with Gasteiger partial charge in [0, 0.05) is 6.54 Å². The molecule has 0 aliphatic carbocycles. The van der Waals surface area contributed by atoms with E-state index < -0.39 is 15.6 Å². The summed E-state index contributed by atoms with van der Waals surface area (Å²) in [5, 5.41) is 0. The highest BCUT2D eigenvalue weighted by atomic mass is 35.5. The lowest BCUT2D eigenvalue weighted by atomic mass is 10.2. The normalized spacial score (nSPS) is 21.0. The van der Waals surface area contributed by atoms with E-state index in [4.69, 9.17) is 16.3 Å². The first-order chi connectivity index (χ1) is 9.87. The lowest BCUT2D eigenvalue weighted by Crippen LogP contribution is -2.38. The fraction of sp³-hybridized carbons (Fsp3) is 0.467. The topological polar surface area (TPSA) is 49.9 Å². The highest BCUT2D eigenvalue weighted by molar-refractivity contribution is 7.89. The van der Waals surface area contributed by atoms with Crippen molar-refractivity contribution in [1.29, 1.82) is 0 Å². The smallest absolute Gasteiger partial charge is 0.244 e. The maximum Gasteiger partial charge on any atom is 0.244 e. The van der Waals surface area contributed by atoms with Crippen LogP contribution in [0.1, 0.15) is 12.5 Å². The van der Waals surface area contributed by atoms with Crippen molar-refractivity contribution in [2.75, 3.05) is 25.6 Å². The molecule has 1 saturated heterocycles. The maximum absolute atomic E-state index is 12.7. The third kappa shape index (κ3) is 4.21. The molecule has 1 unspecified atom stereocenters. The number of ether oxygens (including phenoxy) is 1. The van der Waals surface area contributed by atoms with E-state index >= 15 is 0 Å². The highest BCUT2D eigenvalue weighted by Gasteiger charge is 2.43. The molecule has 114 valence electrons. The second-order valence-corrected chi connectivity index (χ2v) is 7.52. The van der Waals surface area contributed by atoms with Crippen LogP contribution in [0, 0.1) is 18.8 Å². The molecule has 0 aromatic heterocycles. The minimum absolute atomic E-state index is 0.113. The van der Waals surface area contributed by atoms with Gasteiger partial charge in [0.2, 0.25) is 10.0 Å². The molecular weight excluding hydrogens is 310 g/mol. The molecule has 0 N–H and O–H groups in total. The van der Waals surface area contributed by atoms with E-state index in [0.29, 0.717) is 13.2 Å². The van der Waals surface area contributed by atoms with Crippen LogP contribution in [-0.2, 0) is 14.8 Å². The minimum atomic E-state index is -3.58. The van der Waals surface area contributed by atoms with E-state index in [9.17, 15) is 8.42 Å². The number of aryl methyl sites for hydroxylation is 1. The first kappa shape index (κ1) is 16.3. The Morgan fingerprint density at radius 1 is 1.33 bits per heavy atom. The van der Waals surface area contributed by atoms with Crippen molar-refractivity contribution in [1.82, 2.24) is 4.31 Å². The largest absolute Gasteiger partial charge is 0.368 e. The van der Waals surface area contributed by atoms with Crippen molar-refractivity contribution in [3.63, 3.8) is 0 Å². The summed E-state index contributed by atoms with van der Waals surface area (Å²) in [6, 6.07) is 6.79. The number of alkyl halides is 1.